The predicted molar refractivity (Wildman–Crippen MR) is 82.8 cm³/mol. The zero-order valence-corrected chi connectivity index (χ0v) is 12.4. The topological polar surface area (TPSA) is 21.3 Å². The monoisotopic (exact) mass is 307 g/mol. The van der Waals surface area contributed by atoms with Gasteiger partial charge < -0.3 is 10.1 Å². The van der Waals surface area contributed by atoms with Crippen LogP contribution in [0.5, 0.6) is 11.5 Å². The molecule has 0 bridgehead atoms. The molecule has 20 heavy (non-hydrogen) atoms. The van der Waals surface area contributed by atoms with Gasteiger partial charge in [0.25, 0.3) is 0 Å². The van der Waals surface area contributed by atoms with Crippen LogP contribution in [0.2, 0.25) is 10.0 Å². The van der Waals surface area contributed by atoms with Gasteiger partial charge in [0.15, 0.2) is 0 Å². The Bertz CT molecular complexity index is 594. The first-order chi connectivity index (χ1) is 9.70. The lowest BCUT2D eigenvalue weighted by Gasteiger charge is -2.08. The minimum Gasteiger partial charge on any atom is -0.457 e. The number of hydrogen-bond donors (Lipinski definition) is 1. The summed E-state index contributed by atoms with van der Waals surface area (Å²) in [5.41, 5.74) is 1.26. The maximum Gasteiger partial charge on any atom is 0.129 e. The fourth-order valence-electron chi connectivity index (χ4n) is 1.90. The van der Waals surface area contributed by atoms with Crippen LogP contribution in [0, 0.1) is 0 Å². The van der Waals surface area contributed by atoms with Gasteiger partial charge in [-0.25, -0.2) is 0 Å². The summed E-state index contributed by atoms with van der Waals surface area (Å²) in [4.78, 5) is 0. The molecule has 0 aliphatic heterocycles. The fraction of sp³-hybridized carbons (Fsp3) is 0.250. The summed E-state index contributed by atoms with van der Waals surface area (Å²) in [7, 11) is 0. The smallest absolute Gasteiger partial charge is 0.129 e. The lowest BCUT2D eigenvalue weighted by atomic mass is 10.2. The van der Waals surface area contributed by atoms with Gasteiger partial charge in [-0.2, -0.15) is 0 Å². The molecule has 0 amide bonds. The lowest BCUT2D eigenvalue weighted by molar-refractivity contribution is 0.482. The highest BCUT2D eigenvalue weighted by Crippen LogP contribution is 2.29. The van der Waals surface area contributed by atoms with E-state index in [1.54, 1.807) is 18.2 Å². The first-order valence-corrected chi connectivity index (χ1v) is 7.41. The van der Waals surface area contributed by atoms with Crippen LogP contribution in [0.3, 0.4) is 0 Å². The van der Waals surface area contributed by atoms with E-state index in [0.29, 0.717) is 15.8 Å². The first-order valence-electron chi connectivity index (χ1n) is 6.66. The van der Waals surface area contributed by atoms with E-state index in [-0.39, 0.29) is 0 Å². The second-order valence-corrected chi connectivity index (χ2v) is 5.79. The molecule has 1 fully saturated rings. The maximum atomic E-state index is 5.96. The molecule has 0 saturated heterocycles. The van der Waals surface area contributed by atoms with Gasteiger partial charge >= 0.3 is 0 Å². The molecular formula is C16H15Cl2NO. The van der Waals surface area contributed by atoms with Crippen molar-refractivity contribution in [2.45, 2.75) is 25.4 Å². The Hall–Kier alpha value is -1.22. The Labute approximate surface area is 128 Å². The Morgan fingerprint density at radius 2 is 1.65 bits per heavy atom. The largest absolute Gasteiger partial charge is 0.457 e. The highest BCUT2D eigenvalue weighted by atomic mass is 35.5. The summed E-state index contributed by atoms with van der Waals surface area (Å²) in [6.07, 6.45) is 2.61. The zero-order valence-electron chi connectivity index (χ0n) is 10.9. The zero-order chi connectivity index (χ0) is 13.9. The summed E-state index contributed by atoms with van der Waals surface area (Å²) in [6, 6.07) is 14.0. The first kappa shape index (κ1) is 13.7. The molecule has 0 heterocycles. The molecule has 0 spiro atoms. The summed E-state index contributed by atoms with van der Waals surface area (Å²) in [5.74, 6) is 1.47. The molecule has 4 heteroatoms. The van der Waals surface area contributed by atoms with Crippen molar-refractivity contribution in [2.75, 3.05) is 0 Å². The molecule has 1 saturated carbocycles. The van der Waals surface area contributed by atoms with Crippen LogP contribution in [0.15, 0.2) is 42.5 Å². The van der Waals surface area contributed by atoms with E-state index in [2.05, 4.69) is 17.4 Å². The van der Waals surface area contributed by atoms with Gasteiger partial charge in [0.1, 0.15) is 11.5 Å². The highest BCUT2D eigenvalue weighted by molar-refractivity contribution is 6.42. The van der Waals surface area contributed by atoms with Crippen molar-refractivity contribution in [3.8, 4) is 11.5 Å². The van der Waals surface area contributed by atoms with Gasteiger partial charge in [-0.15, -0.1) is 0 Å². The van der Waals surface area contributed by atoms with Crippen LogP contribution in [-0.2, 0) is 6.54 Å². The van der Waals surface area contributed by atoms with Crippen molar-refractivity contribution in [2.24, 2.45) is 0 Å². The molecule has 1 N–H and O–H groups in total. The number of ether oxygens (including phenoxy) is 1. The van der Waals surface area contributed by atoms with E-state index in [1.165, 1.54) is 18.4 Å². The SMILES string of the molecule is Clc1ccc(Oc2ccc(CNC3CC3)cc2)cc1Cl. The van der Waals surface area contributed by atoms with Gasteiger partial charge in [0, 0.05) is 18.7 Å². The molecule has 2 aromatic rings. The number of benzene rings is 2. The number of halogens is 2. The molecule has 3 rings (SSSR count). The minimum atomic E-state index is 0.495. The molecule has 1 aliphatic rings. The third-order valence-corrected chi connectivity index (χ3v) is 3.96. The Kier molecular flexibility index (Phi) is 4.16. The lowest BCUT2D eigenvalue weighted by Crippen LogP contribution is -2.14. The average molecular weight is 308 g/mol. The van der Waals surface area contributed by atoms with Gasteiger partial charge in [0.05, 0.1) is 10.0 Å². The number of nitrogens with one attached hydrogen (secondary N) is 1. The number of hydrogen-bond acceptors (Lipinski definition) is 2. The fourth-order valence-corrected chi connectivity index (χ4v) is 2.19. The van der Waals surface area contributed by atoms with Gasteiger partial charge in [0.2, 0.25) is 0 Å². The summed E-state index contributed by atoms with van der Waals surface area (Å²) in [5, 5.41) is 4.51. The quantitative estimate of drug-likeness (QED) is 0.835. The Balaban J connectivity index is 1.62. The van der Waals surface area contributed by atoms with E-state index in [4.69, 9.17) is 27.9 Å². The van der Waals surface area contributed by atoms with E-state index in [9.17, 15) is 0 Å². The van der Waals surface area contributed by atoms with E-state index in [1.807, 2.05) is 12.1 Å². The molecule has 1 aliphatic carbocycles. The molecule has 0 atom stereocenters. The van der Waals surface area contributed by atoms with Gasteiger partial charge in [-0.05, 0) is 42.7 Å². The Morgan fingerprint density at radius 3 is 2.30 bits per heavy atom. The number of rotatable bonds is 5. The van der Waals surface area contributed by atoms with Crippen LogP contribution in [0.4, 0.5) is 0 Å². The third kappa shape index (κ3) is 3.66. The summed E-state index contributed by atoms with van der Waals surface area (Å²) in [6.45, 7) is 0.914. The molecule has 0 radical (unpaired) electrons. The standard InChI is InChI=1S/C16H15Cl2NO/c17-15-8-7-14(9-16(15)18)20-13-5-1-11(2-6-13)10-19-12-3-4-12/h1-2,5-9,12,19H,3-4,10H2. The third-order valence-electron chi connectivity index (χ3n) is 3.22. The van der Waals surface area contributed by atoms with E-state index in [0.717, 1.165) is 18.3 Å². The predicted octanol–water partition coefficient (Wildman–Crippen LogP) is 5.04. The molecule has 0 unspecified atom stereocenters. The minimum absolute atomic E-state index is 0.495. The average Bonchev–Trinajstić information content (AvgIpc) is 3.26. The molecule has 2 nitrogen and oxygen atoms in total. The van der Waals surface area contributed by atoms with E-state index < -0.39 is 0 Å². The highest BCUT2D eigenvalue weighted by Gasteiger charge is 2.19. The van der Waals surface area contributed by atoms with Gasteiger partial charge in [-0.3, -0.25) is 0 Å². The van der Waals surface area contributed by atoms with Crippen LogP contribution in [-0.4, -0.2) is 6.04 Å². The van der Waals surface area contributed by atoms with Crippen molar-refractivity contribution in [1.82, 2.24) is 5.32 Å². The van der Waals surface area contributed by atoms with E-state index >= 15 is 0 Å². The van der Waals surface area contributed by atoms with Crippen molar-refractivity contribution < 1.29 is 4.74 Å². The van der Waals surface area contributed by atoms with Crippen LogP contribution < -0.4 is 10.1 Å². The molecule has 2 aromatic carbocycles. The van der Waals surface area contributed by atoms with Crippen molar-refractivity contribution in [3.63, 3.8) is 0 Å². The summed E-state index contributed by atoms with van der Waals surface area (Å²) >= 11 is 11.8. The maximum absolute atomic E-state index is 5.96. The molecule has 104 valence electrons. The van der Waals surface area contributed by atoms with Crippen molar-refractivity contribution in [1.29, 1.82) is 0 Å². The van der Waals surface area contributed by atoms with Crippen molar-refractivity contribution >= 4 is 23.2 Å². The van der Waals surface area contributed by atoms with Crippen LogP contribution in [0.1, 0.15) is 18.4 Å². The second-order valence-electron chi connectivity index (χ2n) is 4.98. The van der Waals surface area contributed by atoms with Crippen molar-refractivity contribution in [3.05, 3.63) is 58.1 Å². The summed E-state index contributed by atoms with van der Waals surface area (Å²) < 4.78 is 5.74. The van der Waals surface area contributed by atoms with Crippen LogP contribution >= 0.6 is 23.2 Å². The molecule has 0 aromatic heterocycles. The second kappa shape index (κ2) is 6.04. The molecular weight excluding hydrogens is 293 g/mol. The van der Waals surface area contributed by atoms with Crippen LogP contribution in [0.25, 0.3) is 0 Å². The van der Waals surface area contributed by atoms with Gasteiger partial charge in [-0.1, -0.05) is 35.3 Å². The Morgan fingerprint density at radius 1 is 0.950 bits per heavy atom. The normalized spacial score (nSPS) is 14.3.